The van der Waals surface area contributed by atoms with Crippen molar-refractivity contribution in [1.82, 2.24) is 16.0 Å². The number of ether oxygens (including phenoxy) is 1. The van der Waals surface area contributed by atoms with Crippen LogP contribution in [-0.2, 0) is 21.4 Å². The van der Waals surface area contributed by atoms with E-state index in [1.807, 2.05) is 30.3 Å². The molecule has 1 atom stereocenters. The number of carbonyl (C=O) groups excluding carboxylic acids is 2. The van der Waals surface area contributed by atoms with Crippen LogP contribution in [0.15, 0.2) is 54.6 Å². The highest BCUT2D eigenvalue weighted by Crippen LogP contribution is 2.49. The molecule has 0 unspecified atom stereocenters. The van der Waals surface area contributed by atoms with Crippen molar-refractivity contribution in [2.75, 3.05) is 13.1 Å². The van der Waals surface area contributed by atoms with Crippen molar-refractivity contribution in [1.29, 1.82) is 0 Å². The lowest BCUT2D eigenvalue weighted by atomic mass is 9.93. The molecule has 9 heteroatoms. The van der Waals surface area contributed by atoms with Gasteiger partial charge in [0, 0.05) is 12.5 Å². The molecular formula is C25H28F3N3O3. The molecule has 1 aliphatic heterocycles. The highest BCUT2D eigenvalue weighted by Gasteiger charge is 2.52. The molecule has 2 aliphatic rings. The highest BCUT2D eigenvalue weighted by atomic mass is 19.4. The van der Waals surface area contributed by atoms with Gasteiger partial charge in [0.15, 0.2) is 0 Å². The van der Waals surface area contributed by atoms with Gasteiger partial charge in [-0.15, -0.1) is 13.2 Å². The van der Waals surface area contributed by atoms with Crippen molar-refractivity contribution in [2.45, 2.75) is 56.0 Å². The third kappa shape index (κ3) is 6.08. The van der Waals surface area contributed by atoms with Gasteiger partial charge in [0.05, 0.1) is 5.41 Å². The Morgan fingerprint density at radius 2 is 1.68 bits per heavy atom. The predicted octanol–water partition coefficient (Wildman–Crippen LogP) is 3.21. The lowest BCUT2D eigenvalue weighted by Crippen LogP contribution is -2.54. The Kier molecular flexibility index (Phi) is 7.11. The zero-order chi connectivity index (χ0) is 24.2. The topological polar surface area (TPSA) is 79.5 Å². The van der Waals surface area contributed by atoms with Crippen LogP contribution in [0.3, 0.4) is 0 Å². The number of amides is 2. The lowest BCUT2D eigenvalue weighted by molar-refractivity contribution is -0.274. The summed E-state index contributed by atoms with van der Waals surface area (Å²) in [7, 11) is 0. The van der Waals surface area contributed by atoms with Crippen molar-refractivity contribution >= 4 is 11.8 Å². The van der Waals surface area contributed by atoms with Crippen LogP contribution < -0.4 is 20.7 Å². The molecule has 0 spiro atoms. The minimum atomic E-state index is -4.78. The molecule has 182 valence electrons. The molecule has 1 saturated carbocycles. The summed E-state index contributed by atoms with van der Waals surface area (Å²) in [5.74, 6) is -0.858. The van der Waals surface area contributed by atoms with E-state index in [0.717, 1.165) is 31.5 Å². The summed E-state index contributed by atoms with van der Waals surface area (Å²) in [6.45, 7) is 1.66. The Balaban J connectivity index is 1.47. The summed E-state index contributed by atoms with van der Waals surface area (Å²) in [4.78, 5) is 26.5. The quantitative estimate of drug-likeness (QED) is 0.548. The van der Waals surface area contributed by atoms with Gasteiger partial charge in [-0.3, -0.25) is 9.59 Å². The van der Waals surface area contributed by atoms with Crippen LogP contribution in [0.2, 0.25) is 0 Å². The van der Waals surface area contributed by atoms with Crippen LogP contribution >= 0.6 is 0 Å². The molecule has 2 amide bonds. The number of alkyl halides is 3. The molecule has 6 nitrogen and oxygen atoms in total. The van der Waals surface area contributed by atoms with Gasteiger partial charge in [-0.05, 0) is 62.0 Å². The summed E-state index contributed by atoms with van der Waals surface area (Å²) in [6, 6.07) is 14.1. The van der Waals surface area contributed by atoms with E-state index in [-0.39, 0.29) is 23.6 Å². The molecule has 1 saturated heterocycles. The zero-order valence-electron chi connectivity index (χ0n) is 18.7. The molecular weight excluding hydrogens is 447 g/mol. The number of hydrogen-bond donors (Lipinski definition) is 3. The van der Waals surface area contributed by atoms with E-state index in [0.29, 0.717) is 24.8 Å². The van der Waals surface area contributed by atoms with E-state index in [1.165, 1.54) is 24.3 Å². The van der Waals surface area contributed by atoms with E-state index < -0.39 is 17.8 Å². The summed E-state index contributed by atoms with van der Waals surface area (Å²) < 4.78 is 41.3. The van der Waals surface area contributed by atoms with E-state index >= 15 is 0 Å². The first-order valence-electron chi connectivity index (χ1n) is 11.5. The van der Waals surface area contributed by atoms with Crippen molar-refractivity contribution in [3.8, 4) is 5.75 Å². The molecule has 2 aromatic carbocycles. The Hall–Kier alpha value is -3.07. The zero-order valence-corrected chi connectivity index (χ0v) is 18.7. The monoisotopic (exact) mass is 475 g/mol. The molecule has 1 heterocycles. The first-order valence-corrected chi connectivity index (χ1v) is 11.5. The average molecular weight is 476 g/mol. The predicted molar refractivity (Wildman–Crippen MR) is 120 cm³/mol. The minimum Gasteiger partial charge on any atom is -0.406 e. The van der Waals surface area contributed by atoms with E-state index in [9.17, 15) is 22.8 Å². The van der Waals surface area contributed by atoms with Crippen LogP contribution in [0.25, 0.3) is 0 Å². The minimum absolute atomic E-state index is 0.0555. The number of benzene rings is 2. The molecule has 0 radical (unpaired) electrons. The standard InChI is InChI=1S/C25H28F3N3O3/c26-25(27,28)34-20-8-6-18(7-9-20)24(12-13-24)23(33)31-21(16-17-4-2-1-3-5-17)22(32)30-19-10-14-29-15-11-19/h1-9,19,21,29H,10-16H2,(H,30,32)(H,31,33)/t21-/m0/s1. The summed E-state index contributed by atoms with van der Waals surface area (Å²) >= 11 is 0. The third-order valence-electron chi connectivity index (χ3n) is 6.42. The maximum absolute atomic E-state index is 13.3. The average Bonchev–Trinajstić information content (AvgIpc) is 3.62. The number of piperidine rings is 1. The summed E-state index contributed by atoms with van der Waals surface area (Å²) in [5, 5.41) is 9.26. The van der Waals surface area contributed by atoms with E-state index in [4.69, 9.17) is 0 Å². The number of carbonyl (C=O) groups is 2. The van der Waals surface area contributed by atoms with Gasteiger partial charge in [-0.25, -0.2) is 0 Å². The second kappa shape index (κ2) is 10.0. The van der Waals surface area contributed by atoms with Crippen LogP contribution in [0.1, 0.15) is 36.8 Å². The molecule has 2 fully saturated rings. The highest BCUT2D eigenvalue weighted by molar-refractivity contribution is 5.95. The van der Waals surface area contributed by atoms with E-state index in [1.54, 1.807) is 0 Å². The van der Waals surface area contributed by atoms with Gasteiger partial charge in [-0.1, -0.05) is 42.5 Å². The smallest absolute Gasteiger partial charge is 0.406 e. The number of hydrogen-bond acceptors (Lipinski definition) is 4. The molecule has 0 bridgehead atoms. The van der Waals surface area contributed by atoms with Crippen molar-refractivity contribution in [2.24, 2.45) is 0 Å². The van der Waals surface area contributed by atoms with Crippen LogP contribution in [0, 0.1) is 0 Å². The Labute approximate surface area is 196 Å². The largest absolute Gasteiger partial charge is 0.573 e. The number of rotatable bonds is 8. The second-order valence-corrected chi connectivity index (χ2v) is 8.90. The van der Waals surface area contributed by atoms with Gasteiger partial charge in [-0.2, -0.15) is 0 Å². The Morgan fingerprint density at radius 3 is 2.26 bits per heavy atom. The van der Waals surface area contributed by atoms with Gasteiger partial charge < -0.3 is 20.7 Å². The lowest BCUT2D eigenvalue weighted by Gasteiger charge is -2.27. The van der Waals surface area contributed by atoms with Crippen molar-refractivity contribution in [3.63, 3.8) is 0 Å². The number of nitrogens with one attached hydrogen (secondary N) is 3. The fourth-order valence-corrected chi connectivity index (χ4v) is 4.37. The number of halogens is 3. The molecule has 2 aromatic rings. The fraction of sp³-hybridized carbons (Fsp3) is 0.440. The fourth-order valence-electron chi connectivity index (χ4n) is 4.37. The maximum Gasteiger partial charge on any atom is 0.573 e. The van der Waals surface area contributed by atoms with Crippen molar-refractivity contribution < 1.29 is 27.5 Å². The molecule has 3 N–H and O–H groups in total. The maximum atomic E-state index is 13.3. The second-order valence-electron chi connectivity index (χ2n) is 8.90. The third-order valence-corrected chi connectivity index (χ3v) is 6.42. The van der Waals surface area contributed by atoms with Crippen LogP contribution in [0.5, 0.6) is 5.75 Å². The Morgan fingerprint density at radius 1 is 1.03 bits per heavy atom. The normalized spacial score (nSPS) is 18.6. The summed E-state index contributed by atoms with van der Waals surface area (Å²) in [6.07, 6.45) is -1.65. The SMILES string of the molecule is O=C(NC1CCNCC1)[C@H](Cc1ccccc1)NC(=O)C1(c2ccc(OC(F)(F)F)cc2)CC1. The van der Waals surface area contributed by atoms with Crippen molar-refractivity contribution in [3.05, 3.63) is 65.7 Å². The van der Waals surface area contributed by atoms with Crippen LogP contribution in [0.4, 0.5) is 13.2 Å². The Bertz CT molecular complexity index is 986. The molecule has 0 aromatic heterocycles. The first-order chi connectivity index (χ1) is 16.2. The van der Waals surface area contributed by atoms with Gasteiger partial charge in [0.2, 0.25) is 11.8 Å². The van der Waals surface area contributed by atoms with Gasteiger partial charge in [0.1, 0.15) is 11.8 Å². The van der Waals surface area contributed by atoms with Gasteiger partial charge in [0.25, 0.3) is 0 Å². The molecule has 1 aliphatic carbocycles. The first kappa shape index (κ1) is 24.1. The van der Waals surface area contributed by atoms with Gasteiger partial charge >= 0.3 is 6.36 Å². The summed E-state index contributed by atoms with van der Waals surface area (Å²) in [5.41, 5.74) is 0.685. The molecule has 4 rings (SSSR count). The van der Waals surface area contributed by atoms with E-state index in [2.05, 4.69) is 20.7 Å². The van der Waals surface area contributed by atoms with Crippen LogP contribution in [-0.4, -0.2) is 43.3 Å². The molecule has 34 heavy (non-hydrogen) atoms.